The molecular weight excluding hydrogens is 328 g/mol. The lowest BCUT2D eigenvalue weighted by molar-refractivity contribution is 0.187. The summed E-state index contributed by atoms with van der Waals surface area (Å²) in [5.74, 6) is 0.346. The van der Waals surface area contributed by atoms with Crippen molar-refractivity contribution in [2.45, 2.75) is 45.4 Å². The third kappa shape index (κ3) is 6.14. The smallest absolute Gasteiger partial charge is 0.404 e. The van der Waals surface area contributed by atoms with Crippen molar-refractivity contribution >= 4 is 11.8 Å². The normalized spacial score (nSPS) is 20.3. The molecule has 1 aromatic carbocycles. The van der Waals surface area contributed by atoms with Crippen molar-refractivity contribution in [1.82, 2.24) is 5.32 Å². The predicted octanol–water partition coefficient (Wildman–Crippen LogP) is 4.70. The summed E-state index contributed by atoms with van der Waals surface area (Å²) >= 11 is 0. The minimum absolute atomic E-state index is 0.00313. The molecule has 1 aliphatic carbocycles. The van der Waals surface area contributed by atoms with Gasteiger partial charge in [-0.15, -0.1) is 0 Å². The van der Waals surface area contributed by atoms with E-state index in [1.807, 2.05) is 18.2 Å². The van der Waals surface area contributed by atoms with Gasteiger partial charge in [0.1, 0.15) is 5.75 Å². The fourth-order valence-electron chi connectivity index (χ4n) is 3.34. The van der Waals surface area contributed by atoms with E-state index in [1.165, 1.54) is 12.0 Å². The van der Waals surface area contributed by atoms with Crippen molar-refractivity contribution in [2.24, 2.45) is 5.41 Å². The van der Waals surface area contributed by atoms with E-state index >= 15 is 0 Å². The molecule has 2 aliphatic rings. The lowest BCUT2D eigenvalue weighted by atomic mass is 9.77. The van der Waals surface area contributed by atoms with Gasteiger partial charge < -0.3 is 20.8 Å². The quantitative estimate of drug-likeness (QED) is 0.615. The molecule has 0 aromatic heterocycles. The topological polar surface area (TPSA) is 81.6 Å². The van der Waals surface area contributed by atoms with Gasteiger partial charge in [0.2, 0.25) is 0 Å². The van der Waals surface area contributed by atoms with Gasteiger partial charge in [-0.3, -0.25) is 0 Å². The average molecular weight is 358 g/mol. The highest BCUT2D eigenvalue weighted by molar-refractivity contribution is 5.64. The van der Waals surface area contributed by atoms with E-state index in [2.05, 4.69) is 29.7 Å². The van der Waals surface area contributed by atoms with Gasteiger partial charge in [0.25, 0.3) is 0 Å². The van der Waals surface area contributed by atoms with Crippen LogP contribution >= 0.6 is 0 Å². The summed E-state index contributed by atoms with van der Waals surface area (Å²) in [7, 11) is 0. The van der Waals surface area contributed by atoms with Crippen LogP contribution in [0.3, 0.4) is 0 Å². The van der Waals surface area contributed by atoms with E-state index in [9.17, 15) is 4.79 Å². The molecular formula is C21H30N2O3. The van der Waals surface area contributed by atoms with Crippen molar-refractivity contribution in [3.63, 3.8) is 0 Å². The van der Waals surface area contributed by atoms with Crippen LogP contribution in [0.25, 0.3) is 0 Å². The Morgan fingerprint density at radius 3 is 2.88 bits per heavy atom. The van der Waals surface area contributed by atoms with Crippen LogP contribution in [0.5, 0.6) is 5.75 Å². The summed E-state index contributed by atoms with van der Waals surface area (Å²) in [4.78, 5) is 10.5. The predicted molar refractivity (Wildman–Crippen MR) is 106 cm³/mol. The largest absolute Gasteiger partial charge is 0.508 e. The van der Waals surface area contributed by atoms with Crippen LogP contribution in [-0.2, 0) is 6.42 Å². The van der Waals surface area contributed by atoms with Crippen LogP contribution in [0.15, 0.2) is 42.5 Å². The molecule has 0 spiro atoms. The number of rotatable bonds is 5. The Morgan fingerprint density at radius 2 is 2.19 bits per heavy atom. The molecule has 142 valence electrons. The van der Waals surface area contributed by atoms with E-state index < -0.39 is 6.09 Å². The first-order valence-electron chi connectivity index (χ1n) is 9.41. The van der Waals surface area contributed by atoms with E-state index in [1.54, 1.807) is 12.1 Å². The van der Waals surface area contributed by atoms with Crippen LogP contribution in [0.1, 0.15) is 44.6 Å². The van der Waals surface area contributed by atoms with Gasteiger partial charge in [0.05, 0.1) is 0 Å². The first-order chi connectivity index (χ1) is 12.5. The molecule has 0 fully saturated rings. The summed E-state index contributed by atoms with van der Waals surface area (Å²) in [5.41, 5.74) is 2.41. The number of nitrogens with one attached hydrogen (secondary N) is 2. The maximum absolute atomic E-state index is 10.5. The minimum Gasteiger partial charge on any atom is -0.508 e. The molecule has 1 heterocycles. The summed E-state index contributed by atoms with van der Waals surface area (Å²) in [6.07, 6.45) is 13.9. The number of amides is 1. The third-order valence-electron chi connectivity index (χ3n) is 4.87. The van der Waals surface area contributed by atoms with E-state index in [-0.39, 0.29) is 5.41 Å². The second-order valence-electron chi connectivity index (χ2n) is 6.99. The monoisotopic (exact) mass is 358 g/mol. The average Bonchev–Trinajstić information content (AvgIpc) is 2.66. The zero-order valence-electron chi connectivity index (χ0n) is 15.5. The van der Waals surface area contributed by atoms with Gasteiger partial charge in [-0.2, -0.15) is 0 Å². The second kappa shape index (κ2) is 9.90. The first kappa shape index (κ1) is 19.9. The molecule has 1 aromatic rings. The molecule has 5 nitrogen and oxygen atoms in total. The van der Waals surface area contributed by atoms with Crippen molar-refractivity contribution in [1.29, 1.82) is 0 Å². The first-order valence-corrected chi connectivity index (χ1v) is 9.41. The van der Waals surface area contributed by atoms with Crippen LogP contribution < -0.4 is 10.6 Å². The van der Waals surface area contributed by atoms with Gasteiger partial charge in [0, 0.05) is 30.3 Å². The minimum atomic E-state index is -0.936. The number of anilines is 1. The van der Waals surface area contributed by atoms with Crippen molar-refractivity contribution in [2.75, 3.05) is 18.4 Å². The van der Waals surface area contributed by atoms with Crippen LogP contribution in [-0.4, -0.2) is 29.4 Å². The van der Waals surface area contributed by atoms with Crippen molar-refractivity contribution in [3.8, 4) is 5.75 Å². The molecule has 0 radical (unpaired) electrons. The molecule has 4 N–H and O–H groups in total. The van der Waals surface area contributed by atoms with E-state index in [4.69, 9.17) is 10.2 Å². The molecule has 1 amide bonds. The SMILES string of the molecule is CCCCC1(CNC(=O)O)C=CC=CC1.Oc1ccc2c(c1)NCCC2. The Balaban J connectivity index is 0.000000195. The van der Waals surface area contributed by atoms with E-state index in [0.29, 0.717) is 12.3 Å². The number of benzene rings is 1. The van der Waals surface area contributed by atoms with E-state index in [0.717, 1.165) is 44.3 Å². The fraction of sp³-hybridized carbons (Fsp3) is 0.476. The zero-order valence-corrected chi connectivity index (χ0v) is 15.5. The summed E-state index contributed by atoms with van der Waals surface area (Å²) in [6, 6.07) is 5.51. The number of carboxylic acid groups (broad SMARTS) is 1. The highest BCUT2D eigenvalue weighted by atomic mass is 16.4. The number of aryl methyl sites for hydroxylation is 1. The number of aromatic hydroxyl groups is 1. The number of hydrogen-bond donors (Lipinski definition) is 4. The number of phenolic OH excluding ortho intramolecular Hbond substituents is 1. The fourth-order valence-corrected chi connectivity index (χ4v) is 3.34. The number of fused-ring (bicyclic) bond motifs is 1. The molecule has 3 rings (SSSR count). The zero-order chi connectivity index (χ0) is 18.8. The second-order valence-corrected chi connectivity index (χ2v) is 6.99. The van der Waals surface area contributed by atoms with Gasteiger partial charge >= 0.3 is 6.09 Å². The van der Waals surface area contributed by atoms with Crippen LogP contribution in [0.4, 0.5) is 10.5 Å². The molecule has 26 heavy (non-hydrogen) atoms. The standard InChI is InChI=1S/C12H19NO2.C9H11NO/c1-2-3-7-12(10-13-11(14)15)8-5-4-6-9-12;11-8-4-3-7-2-1-5-10-9(7)6-8/h4-6,8,13H,2-3,7,9-10H2,1H3,(H,14,15);3-4,6,10-11H,1-2,5H2. The Bertz CT molecular complexity index is 655. The summed E-state index contributed by atoms with van der Waals surface area (Å²) in [6.45, 7) is 3.69. The number of phenols is 1. The molecule has 1 aliphatic heterocycles. The lowest BCUT2D eigenvalue weighted by Crippen LogP contribution is -2.36. The maximum atomic E-state index is 10.5. The summed E-state index contributed by atoms with van der Waals surface area (Å²) in [5, 5.41) is 23.5. The number of carbonyl (C=O) groups is 1. The van der Waals surface area contributed by atoms with Gasteiger partial charge in [0.15, 0.2) is 0 Å². The molecule has 5 heteroatoms. The molecule has 0 saturated carbocycles. The van der Waals surface area contributed by atoms with Crippen LogP contribution in [0.2, 0.25) is 0 Å². The lowest BCUT2D eigenvalue weighted by Gasteiger charge is -2.31. The highest BCUT2D eigenvalue weighted by Gasteiger charge is 2.26. The number of unbranched alkanes of at least 4 members (excludes halogenated alkanes) is 1. The van der Waals surface area contributed by atoms with Crippen molar-refractivity contribution < 1.29 is 15.0 Å². The molecule has 0 saturated heterocycles. The summed E-state index contributed by atoms with van der Waals surface area (Å²) < 4.78 is 0. The van der Waals surface area contributed by atoms with Crippen molar-refractivity contribution in [3.05, 3.63) is 48.1 Å². The Hall–Kier alpha value is -2.43. The maximum Gasteiger partial charge on any atom is 0.404 e. The van der Waals surface area contributed by atoms with Gasteiger partial charge in [-0.05, 0) is 37.3 Å². The Labute approximate surface area is 155 Å². The van der Waals surface area contributed by atoms with Gasteiger partial charge in [-0.25, -0.2) is 4.79 Å². The molecule has 0 bridgehead atoms. The van der Waals surface area contributed by atoms with Crippen LogP contribution in [0, 0.1) is 5.41 Å². The molecule has 1 unspecified atom stereocenters. The van der Waals surface area contributed by atoms with Gasteiger partial charge in [-0.1, -0.05) is 50.1 Å². The Morgan fingerprint density at radius 1 is 1.35 bits per heavy atom. The molecule has 1 atom stereocenters. The third-order valence-corrected chi connectivity index (χ3v) is 4.87. The number of hydrogen-bond acceptors (Lipinski definition) is 3. The number of allylic oxidation sites excluding steroid dienone is 3. The highest BCUT2D eigenvalue weighted by Crippen LogP contribution is 2.33. The Kier molecular flexibility index (Phi) is 7.57.